The summed E-state index contributed by atoms with van der Waals surface area (Å²) >= 11 is 0. The van der Waals surface area contributed by atoms with E-state index in [9.17, 15) is 9.90 Å². The Hall–Kier alpha value is -2.14. The molecule has 1 aromatic heterocycles. The maximum absolute atomic E-state index is 11.5. The minimum atomic E-state index is -1.14. The number of rotatable bonds is 3. The number of nitrogens with one attached hydrogen (secondary N) is 1. The lowest BCUT2D eigenvalue weighted by molar-refractivity contribution is -0.822. The van der Waals surface area contributed by atoms with Gasteiger partial charge in [-0.1, -0.05) is 18.2 Å². The molecule has 0 saturated carbocycles. The van der Waals surface area contributed by atoms with Crippen LogP contribution in [-0.4, -0.2) is 28.8 Å². The average Bonchev–Trinajstić information content (AvgIpc) is 3.06. The molecule has 0 radical (unpaired) electrons. The van der Waals surface area contributed by atoms with Crippen molar-refractivity contribution in [2.45, 2.75) is 19.8 Å². The molecule has 1 aliphatic heterocycles. The SMILES string of the molecule is Cc1nn(-c2ccccc2)c([NH+]2CCCC2)c1C(=O)[O-]. The molecule has 1 aromatic carbocycles. The van der Waals surface area contributed by atoms with E-state index in [1.807, 2.05) is 30.3 Å². The van der Waals surface area contributed by atoms with Gasteiger partial charge in [-0.25, -0.2) is 0 Å². The van der Waals surface area contributed by atoms with Gasteiger partial charge in [-0.3, -0.25) is 4.90 Å². The number of hydrogen-bond donors (Lipinski definition) is 1. The zero-order valence-corrected chi connectivity index (χ0v) is 11.4. The standard InChI is InChI=1S/C15H17N3O2/c1-11-13(15(19)20)14(17-9-5-6-10-17)18(16-11)12-7-3-2-4-8-12/h2-4,7-8H,5-6,9-10H2,1H3,(H,19,20). The highest BCUT2D eigenvalue weighted by molar-refractivity contribution is 5.91. The van der Waals surface area contributed by atoms with Crippen molar-refractivity contribution in [3.05, 3.63) is 41.6 Å². The average molecular weight is 271 g/mol. The molecular formula is C15H17N3O2. The fraction of sp³-hybridized carbons (Fsp3) is 0.333. The first-order chi connectivity index (χ1) is 9.68. The summed E-state index contributed by atoms with van der Waals surface area (Å²) in [5.41, 5.74) is 1.64. The van der Waals surface area contributed by atoms with E-state index in [2.05, 4.69) is 5.10 Å². The van der Waals surface area contributed by atoms with Crippen molar-refractivity contribution in [2.24, 2.45) is 0 Å². The normalized spacial score (nSPS) is 15.7. The summed E-state index contributed by atoms with van der Waals surface area (Å²) in [5.74, 6) is -0.412. The number of hydrogen-bond acceptors (Lipinski definition) is 3. The van der Waals surface area contributed by atoms with Crippen molar-refractivity contribution in [1.29, 1.82) is 0 Å². The lowest BCUT2D eigenvalue weighted by Gasteiger charge is -2.15. The Morgan fingerprint density at radius 3 is 2.50 bits per heavy atom. The molecule has 0 bridgehead atoms. The van der Waals surface area contributed by atoms with Crippen molar-refractivity contribution in [1.82, 2.24) is 9.78 Å². The molecule has 0 amide bonds. The number of para-hydroxylation sites is 1. The minimum Gasteiger partial charge on any atom is -0.544 e. The Kier molecular flexibility index (Phi) is 3.28. The molecule has 5 nitrogen and oxygen atoms in total. The van der Waals surface area contributed by atoms with Gasteiger partial charge in [0.25, 0.3) is 0 Å². The van der Waals surface area contributed by atoms with Crippen LogP contribution in [0.25, 0.3) is 5.69 Å². The molecule has 1 N–H and O–H groups in total. The molecule has 2 aromatic rings. The first-order valence-electron chi connectivity index (χ1n) is 6.90. The van der Waals surface area contributed by atoms with Crippen molar-refractivity contribution in [2.75, 3.05) is 13.1 Å². The monoisotopic (exact) mass is 271 g/mol. The second-order valence-corrected chi connectivity index (χ2v) is 5.15. The van der Waals surface area contributed by atoms with Crippen LogP contribution in [-0.2, 0) is 0 Å². The molecule has 2 heterocycles. The number of aryl methyl sites for hydroxylation is 1. The van der Waals surface area contributed by atoms with Crippen LogP contribution in [0.15, 0.2) is 30.3 Å². The Labute approximate surface area is 117 Å². The first kappa shape index (κ1) is 12.9. The van der Waals surface area contributed by atoms with Crippen molar-refractivity contribution >= 4 is 11.8 Å². The lowest BCUT2D eigenvalue weighted by Crippen LogP contribution is -3.05. The number of carboxylic acid groups (broad SMARTS) is 1. The molecular weight excluding hydrogens is 254 g/mol. The van der Waals surface area contributed by atoms with Gasteiger partial charge in [-0.2, -0.15) is 9.78 Å². The number of nitrogens with zero attached hydrogens (tertiary/aromatic N) is 2. The largest absolute Gasteiger partial charge is 0.544 e. The van der Waals surface area contributed by atoms with E-state index < -0.39 is 5.97 Å². The molecule has 20 heavy (non-hydrogen) atoms. The van der Waals surface area contributed by atoms with E-state index in [1.54, 1.807) is 11.6 Å². The predicted molar refractivity (Wildman–Crippen MR) is 72.2 cm³/mol. The Morgan fingerprint density at radius 1 is 1.25 bits per heavy atom. The molecule has 0 aliphatic carbocycles. The van der Waals surface area contributed by atoms with Gasteiger partial charge < -0.3 is 9.90 Å². The van der Waals surface area contributed by atoms with Crippen LogP contribution in [0.5, 0.6) is 0 Å². The fourth-order valence-corrected chi connectivity index (χ4v) is 2.89. The smallest absolute Gasteiger partial charge is 0.238 e. The number of carboxylic acids is 1. The van der Waals surface area contributed by atoms with E-state index in [4.69, 9.17) is 0 Å². The van der Waals surface area contributed by atoms with Crippen LogP contribution >= 0.6 is 0 Å². The molecule has 5 heteroatoms. The van der Waals surface area contributed by atoms with Crippen molar-refractivity contribution in [3.63, 3.8) is 0 Å². The highest BCUT2D eigenvalue weighted by atomic mass is 16.4. The maximum atomic E-state index is 11.5. The van der Waals surface area contributed by atoms with Gasteiger partial charge in [0.1, 0.15) is 5.56 Å². The summed E-state index contributed by atoms with van der Waals surface area (Å²) in [6, 6.07) is 9.65. The zero-order valence-electron chi connectivity index (χ0n) is 11.4. The Balaban J connectivity index is 2.19. The second-order valence-electron chi connectivity index (χ2n) is 5.15. The number of aromatic nitrogens is 2. The van der Waals surface area contributed by atoms with E-state index in [0.29, 0.717) is 5.69 Å². The number of aromatic carboxylic acids is 1. The molecule has 1 aliphatic rings. The molecule has 0 spiro atoms. The minimum absolute atomic E-state index is 0.241. The predicted octanol–water partition coefficient (Wildman–Crippen LogP) is -0.146. The van der Waals surface area contributed by atoms with Gasteiger partial charge in [0.2, 0.25) is 5.82 Å². The van der Waals surface area contributed by atoms with Gasteiger partial charge >= 0.3 is 0 Å². The lowest BCUT2D eigenvalue weighted by atomic mass is 10.2. The zero-order chi connectivity index (χ0) is 14.1. The molecule has 104 valence electrons. The van der Waals surface area contributed by atoms with Gasteiger partial charge in [0, 0.05) is 12.8 Å². The number of carbonyl (C=O) groups excluding carboxylic acids is 1. The molecule has 0 unspecified atom stereocenters. The van der Waals surface area contributed by atoms with Gasteiger partial charge in [0.05, 0.1) is 30.4 Å². The van der Waals surface area contributed by atoms with Gasteiger partial charge in [-0.05, 0) is 19.1 Å². The summed E-state index contributed by atoms with van der Waals surface area (Å²) in [6.45, 7) is 3.61. The molecule has 3 rings (SSSR count). The van der Waals surface area contributed by atoms with E-state index in [0.717, 1.165) is 37.4 Å². The molecule has 1 saturated heterocycles. The van der Waals surface area contributed by atoms with Crippen molar-refractivity contribution < 1.29 is 14.8 Å². The van der Waals surface area contributed by atoms with Crippen LogP contribution in [0, 0.1) is 6.92 Å². The molecule has 0 atom stereocenters. The number of carbonyl (C=O) groups is 1. The van der Waals surface area contributed by atoms with E-state index in [-0.39, 0.29) is 5.56 Å². The van der Waals surface area contributed by atoms with E-state index >= 15 is 0 Å². The Bertz CT molecular complexity index is 628. The Morgan fingerprint density at radius 2 is 1.90 bits per heavy atom. The summed E-state index contributed by atoms with van der Waals surface area (Å²) in [6.07, 6.45) is 2.22. The van der Waals surface area contributed by atoms with Crippen LogP contribution in [0.3, 0.4) is 0 Å². The number of quaternary nitrogens is 1. The summed E-state index contributed by atoms with van der Waals surface area (Å²) in [7, 11) is 0. The van der Waals surface area contributed by atoms with Crippen molar-refractivity contribution in [3.8, 4) is 5.69 Å². The third-order valence-corrected chi connectivity index (χ3v) is 3.81. The highest BCUT2D eigenvalue weighted by Crippen LogP contribution is 2.20. The number of benzene rings is 1. The summed E-state index contributed by atoms with van der Waals surface area (Å²) in [4.78, 5) is 12.6. The van der Waals surface area contributed by atoms with Crippen LogP contribution < -0.4 is 10.0 Å². The summed E-state index contributed by atoms with van der Waals surface area (Å²) in [5, 5.41) is 15.9. The van der Waals surface area contributed by atoms with Gasteiger partial charge in [-0.15, -0.1) is 0 Å². The van der Waals surface area contributed by atoms with Crippen LogP contribution in [0.1, 0.15) is 28.9 Å². The van der Waals surface area contributed by atoms with E-state index in [1.165, 1.54) is 4.90 Å². The molecule has 1 fully saturated rings. The topological polar surface area (TPSA) is 62.4 Å². The second kappa shape index (κ2) is 5.09. The first-order valence-corrected chi connectivity index (χ1v) is 6.90. The van der Waals surface area contributed by atoms with Crippen LogP contribution in [0.4, 0.5) is 5.82 Å². The maximum Gasteiger partial charge on any atom is 0.238 e. The summed E-state index contributed by atoms with van der Waals surface area (Å²) < 4.78 is 1.75. The fourth-order valence-electron chi connectivity index (χ4n) is 2.89. The van der Waals surface area contributed by atoms with Crippen LogP contribution in [0.2, 0.25) is 0 Å². The van der Waals surface area contributed by atoms with Gasteiger partial charge in [0.15, 0.2) is 0 Å². The quantitative estimate of drug-likeness (QED) is 0.845. The highest BCUT2D eigenvalue weighted by Gasteiger charge is 2.29. The third kappa shape index (κ3) is 2.10. The third-order valence-electron chi connectivity index (χ3n) is 3.81.